The van der Waals surface area contributed by atoms with Crippen molar-refractivity contribution in [2.24, 2.45) is 0 Å². The minimum atomic E-state index is -0.789. The molecule has 1 atom stereocenters. The predicted molar refractivity (Wildman–Crippen MR) is 335 cm³/mol. The Morgan fingerprint density at radius 2 is 0.532 bits per heavy atom. The summed E-state index contributed by atoms with van der Waals surface area (Å²) >= 11 is 0. The lowest BCUT2D eigenvalue weighted by molar-refractivity contribution is -0.167. The van der Waals surface area contributed by atoms with Crippen LogP contribution in [0.2, 0.25) is 0 Å². The molecule has 1 unspecified atom stereocenters. The van der Waals surface area contributed by atoms with E-state index in [1.54, 1.807) is 0 Å². The van der Waals surface area contributed by atoms with Crippen LogP contribution in [0, 0.1) is 0 Å². The van der Waals surface area contributed by atoms with Crippen molar-refractivity contribution >= 4 is 17.9 Å². The minimum Gasteiger partial charge on any atom is -0.462 e. The van der Waals surface area contributed by atoms with Gasteiger partial charge in [0.05, 0.1) is 0 Å². The summed E-state index contributed by atoms with van der Waals surface area (Å²) in [7, 11) is 0. The van der Waals surface area contributed by atoms with Crippen molar-refractivity contribution in [3.63, 3.8) is 0 Å². The van der Waals surface area contributed by atoms with Crippen LogP contribution >= 0.6 is 0 Å². The fraction of sp³-hybridized carbons (Fsp3) is 0.817. The van der Waals surface area contributed by atoms with Gasteiger partial charge in [-0.15, -0.1) is 0 Å². The van der Waals surface area contributed by atoms with Crippen LogP contribution in [0.3, 0.4) is 0 Å². The zero-order valence-electron chi connectivity index (χ0n) is 51.5. The number of carbonyl (C=O) groups excluding carboxylic acids is 3. The largest absolute Gasteiger partial charge is 0.462 e. The van der Waals surface area contributed by atoms with Crippen molar-refractivity contribution in [1.29, 1.82) is 0 Å². The fourth-order valence-electron chi connectivity index (χ4n) is 9.97. The van der Waals surface area contributed by atoms with E-state index in [1.807, 2.05) is 0 Å². The third-order valence-electron chi connectivity index (χ3n) is 15.0. The van der Waals surface area contributed by atoms with Crippen LogP contribution in [0.25, 0.3) is 0 Å². The topological polar surface area (TPSA) is 78.9 Å². The lowest BCUT2D eigenvalue weighted by atomic mass is 10.0. The molecule has 0 aliphatic carbocycles. The Balaban J connectivity index is 4.13. The highest BCUT2D eigenvalue weighted by Crippen LogP contribution is 2.18. The highest BCUT2D eigenvalue weighted by molar-refractivity contribution is 5.71. The van der Waals surface area contributed by atoms with E-state index < -0.39 is 6.10 Å². The number of esters is 3. The Bertz CT molecular complexity index is 1380. The van der Waals surface area contributed by atoms with Crippen LogP contribution in [0.4, 0.5) is 0 Å². The smallest absolute Gasteiger partial charge is 0.306 e. The molecular weight excluding hydrogens is 949 g/mol. The second-order valence-electron chi connectivity index (χ2n) is 22.7. The van der Waals surface area contributed by atoms with Gasteiger partial charge in [-0.3, -0.25) is 14.4 Å². The molecule has 0 saturated carbocycles. The first-order valence-electron chi connectivity index (χ1n) is 33.8. The quantitative estimate of drug-likeness (QED) is 0.0261. The molecule has 6 heteroatoms. The lowest BCUT2D eigenvalue weighted by Crippen LogP contribution is -2.30. The second kappa shape index (κ2) is 65.6. The van der Waals surface area contributed by atoms with Gasteiger partial charge in [0.25, 0.3) is 0 Å². The monoisotopic (exact) mass is 1080 g/mol. The number of hydrogen-bond acceptors (Lipinski definition) is 6. The van der Waals surface area contributed by atoms with Gasteiger partial charge in [-0.05, 0) is 77.0 Å². The summed E-state index contributed by atoms with van der Waals surface area (Å²) < 4.78 is 16.9. The van der Waals surface area contributed by atoms with Crippen LogP contribution in [0.15, 0.2) is 60.8 Å². The molecule has 0 saturated heterocycles. The van der Waals surface area contributed by atoms with E-state index >= 15 is 0 Å². The molecule has 0 aliphatic heterocycles. The van der Waals surface area contributed by atoms with Gasteiger partial charge in [0, 0.05) is 19.3 Å². The third-order valence-corrected chi connectivity index (χ3v) is 15.0. The minimum absolute atomic E-state index is 0.0832. The van der Waals surface area contributed by atoms with Gasteiger partial charge in [0.1, 0.15) is 13.2 Å². The Kier molecular flexibility index (Phi) is 63.2. The van der Waals surface area contributed by atoms with Gasteiger partial charge in [-0.1, -0.05) is 319 Å². The molecule has 0 heterocycles. The molecule has 0 aromatic carbocycles. The van der Waals surface area contributed by atoms with Gasteiger partial charge >= 0.3 is 17.9 Å². The number of ether oxygens (including phenoxy) is 3. The molecule has 0 radical (unpaired) electrons. The Hall–Kier alpha value is -2.89. The Morgan fingerprint density at radius 1 is 0.273 bits per heavy atom. The van der Waals surface area contributed by atoms with Crippen LogP contribution in [-0.2, 0) is 28.6 Å². The van der Waals surface area contributed by atoms with Crippen LogP contribution in [0.5, 0.6) is 0 Å². The molecule has 448 valence electrons. The van der Waals surface area contributed by atoms with Crippen LogP contribution < -0.4 is 0 Å². The van der Waals surface area contributed by atoms with Gasteiger partial charge in [-0.25, -0.2) is 0 Å². The van der Waals surface area contributed by atoms with Gasteiger partial charge in [0.2, 0.25) is 0 Å². The molecule has 6 nitrogen and oxygen atoms in total. The standard InChI is InChI=1S/C71H128O6/c1-4-7-10-13-16-19-22-25-27-28-29-30-31-32-33-34-35-36-37-38-39-40-41-42-44-46-49-52-55-58-61-64-70(73)76-67-68(66-75-69(72)63-60-57-54-51-48-45-24-21-18-15-12-9-6-3)77-71(74)65-62-59-56-53-50-47-43-26-23-20-17-14-11-8-5-2/h8,11-12,15,17,20-21,24,26,43,68H,4-7,9-10,13-14,16,18-19,22-23,25,27-42,44-67H2,1-3H3/b11-8-,15-12-,20-17-,24-21-,43-26-. The summed E-state index contributed by atoms with van der Waals surface area (Å²) in [6.07, 6.45) is 84.1. The molecule has 0 aliphatic rings. The van der Waals surface area contributed by atoms with Crippen molar-refractivity contribution in [2.75, 3.05) is 13.2 Å². The van der Waals surface area contributed by atoms with Crippen molar-refractivity contribution in [2.45, 2.75) is 361 Å². The van der Waals surface area contributed by atoms with Crippen LogP contribution in [0.1, 0.15) is 355 Å². The average Bonchev–Trinajstić information content (AvgIpc) is 3.43. The first kappa shape index (κ1) is 74.1. The van der Waals surface area contributed by atoms with Crippen molar-refractivity contribution < 1.29 is 28.6 Å². The molecule has 0 aromatic rings. The molecule has 0 N–H and O–H groups in total. The Morgan fingerprint density at radius 3 is 0.844 bits per heavy atom. The summed E-state index contributed by atoms with van der Waals surface area (Å²) in [5.74, 6) is -0.899. The normalized spacial score (nSPS) is 12.4. The van der Waals surface area contributed by atoms with Crippen molar-refractivity contribution in [1.82, 2.24) is 0 Å². The number of unbranched alkanes of at least 4 members (excludes halogenated alkanes) is 41. The zero-order valence-corrected chi connectivity index (χ0v) is 51.5. The van der Waals surface area contributed by atoms with E-state index in [0.29, 0.717) is 19.3 Å². The highest BCUT2D eigenvalue weighted by Gasteiger charge is 2.19. The molecule has 0 rings (SSSR count). The van der Waals surface area contributed by atoms with Crippen molar-refractivity contribution in [3.05, 3.63) is 60.8 Å². The molecular formula is C71H128O6. The summed E-state index contributed by atoms with van der Waals surface area (Å²) in [4.78, 5) is 38.3. The number of allylic oxidation sites excluding steroid dienone is 10. The summed E-state index contributed by atoms with van der Waals surface area (Å²) in [6, 6.07) is 0. The zero-order chi connectivity index (χ0) is 55.7. The summed E-state index contributed by atoms with van der Waals surface area (Å²) in [6.45, 7) is 6.48. The average molecular weight is 1080 g/mol. The molecule has 0 aromatic heterocycles. The van der Waals surface area contributed by atoms with Crippen molar-refractivity contribution in [3.8, 4) is 0 Å². The van der Waals surface area contributed by atoms with E-state index in [2.05, 4.69) is 81.5 Å². The van der Waals surface area contributed by atoms with E-state index in [0.717, 1.165) is 122 Å². The molecule has 0 amide bonds. The predicted octanol–water partition coefficient (Wildman–Crippen LogP) is 23.1. The third kappa shape index (κ3) is 63.8. The number of hydrogen-bond donors (Lipinski definition) is 0. The fourth-order valence-corrected chi connectivity index (χ4v) is 9.97. The van der Waals surface area contributed by atoms with Gasteiger partial charge < -0.3 is 14.2 Å². The SMILES string of the molecule is CC/C=C\C/C=C\C/C=C\CCCCCCCC(=O)OC(COC(=O)CCCCCCC/C=C\C/C=C\CCC)COC(=O)CCCCCCCCCCCCCCCCCCCCCCCCCCCCCCCCC. The maximum atomic E-state index is 12.9. The first-order valence-corrected chi connectivity index (χ1v) is 33.8. The van der Waals surface area contributed by atoms with Gasteiger partial charge in [-0.2, -0.15) is 0 Å². The molecule has 0 spiro atoms. The van der Waals surface area contributed by atoms with E-state index in [4.69, 9.17) is 14.2 Å². The maximum absolute atomic E-state index is 12.9. The molecule has 77 heavy (non-hydrogen) atoms. The van der Waals surface area contributed by atoms with E-state index in [9.17, 15) is 14.4 Å². The van der Waals surface area contributed by atoms with E-state index in [1.165, 1.54) is 193 Å². The van der Waals surface area contributed by atoms with E-state index in [-0.39, 0.29) is 31.1 Å². The number of rotatable bonds is 62. The summed E-state index contributed by atoms with van der Waals surface area (Å²) in [5.41, 5.74) is 0. The maximum Gasteiger partial charge on any atom is 0.306 e. The highest BCUT2D eigenvalue weighted by atomic mass is 16.6. The summed E-state index contributed by atoms with van der Waals surface area (Å²) in [5, 5.41) is 0. The second-order valence-corrected chi connectivity index (χ2v) is 22.7. The van der Waals surface area contributed by atoms with Crippen LogP contribution in [-0.4, -0.2) is 37.2 Å². The molecule has 0 fully saturated rings. The first-order chi connectivity index (χ1) is 38.0. The lowest BCUT2D eigenvalue weighted by Gasteiger charge is -2.18. The number of carbonyl (C=O) groups is 3. The Labute approximate surface area is 479 Å². The van der Waals surface area contributed by atoms with Gasteiger partial charge in [0.15, 0.2) is 6.10 Å². The molecule has 0 bridgehead atoms.